The van der Waals surface area contributed by atoms with Crippen molar-refractivity contribution in [2.24, 2.45) is 0 Å². The van der Waals surface area contributed by atoms with Crippen LogP contribution in [-0.2, 0) is 32.0 Å². The molecule has 0 aliphatic heterocycles. The normalized spacial score (nSPS) is 13.2. The molecule has 1 aromatic carbocycles. The van der Waals surface area contributed by atoms with Gasteiger partial charge in [0.05, 0.1) is 24.8 Å². The van der Waals surface area contributed by atoms with Crippen molar-refractivity contribution in [3.05, 3.63) is 40.3 Å². The lowest BCUT2D eigenvalue weighted by atomic mass is 9.96. The van der Waals surface area contributed by atoms with Crippen LogP contribution in [0, 0.1) is 0 Å². The third-order valence-electron chi connectivity index (χ3n) is 5.37. The smallest absolute Gasteiger partial charge is 0.341 e. The Kier molecular flexibility index (Phi) is 9.52. The van der Waals surface area contributed by atoms with E-state index in [0.717, 1.165) is 47.4 Å². The van der Waals surface area contributed by atoms with E-state index in [4.69, 9.17) is 9.84 Å². The minimum Gasteiger partial charge on any atom is -0.481 e. The molecule has 1 heterocycles. The third kappa shape index (κ3) is 7.33. The second kappa shape index (κ2) is 12.6. The van der Waals surface area contributed by atoms with E-state index in [1.54, 1.807) is 18.2 Å². The molecule has 182 valence electrons. The summed E-state index contributed by atoms with van der Waals surface area (Å²) in [6, 6.07) is 7.00. The van der Waals surface area contributed by atoms with Crippen LogP contribution in [-0.4, -0.2) is 41.7 Å². The van der Waals surface area contributed by atoms with E-state index in [2.05, 4.69) is 10.6 Å². The fraction of sp³-hybridized carbons (Fsp3) is 0.417. The maximum atomic E-state index is 12.7. The molecule has 2 amide bonds. The van der Waals surface area contributed by atoms with Gasteiger partial charge in [-0.25, -0.2) is 4.79 Å². The lowest BCUT2D eigenvalue weighted by Gasteiger charge is -2.11. The molecule has 10 heteroatoms. The minimum atomic E-state index is -1.03. The number of aryl methyl sites for hydroxylation is 1. The standard InChI is InChI=1S/C24H28N2O6S2/c1-32-24(31)22-17-9-4-2-3-5-10-18(17)34-23(22)26-20(28)14-33-16-8-6-7-15(13-16)25-19(27)11-12-21(29)30/h6-8,13H,2-5,9-12,14H2,1H3,(H,25,27)(H,26,28)(H,29,30). The Morgan fingerprint density at radius 3 is 2.53 bits per heavy atom. The van der Waals surface area contributed by atoms with Gasteiger partial charge in [-0.15, -0.1) is 23.1 Å². The van der Waals surface area contributed by atoms with E-state index in [9.17, 15) is 19.2 Å². The minimum absolute atomic E-state index is 0.109. The van der Waals surface area contributed by atoms with Gasteiger partial charge in [0.1, 0.15) is 5.00 Å². The molecule has 1 aliphatic carbocycles. The number of methoxy groups -OCH3 is 1. The predicted octanol–water partition coefficient (Wildman–Crippen LogP) is 4.73. The van der Waals surface area contributed by atoms with Gasteiger partial charge in [-0.2, -0.15) is 0 Å². The monoisotopic (exact) mass is 504 g/mol. The van der Waals surface area contributed by atoms with Gasteiger partial charge in [-0.1, -0.05) is 18.9 Å². The fourth-order valence-corrected chi connectivity index (χ4v) is 5.79. The number of fused-ring (bicyclic) bond motifs is 1. The van der Waals surface area contributed by atoms with Crippen LogP contribution in [0.3, 0.4) is 0 Å². The number of anilines is 2. The number of thioether (sulfide) groups is 1. The molecule has 0 saturated carbocycles. The molecule has 0 radical (unpaired) electrons. The zero-order chi connectivity index (χ0) is 24.5. The van der Waals surface area contributed by atoms with Crippen molar-refractivity contribution >= 4 is 57.5 Å². The number of carbonyl (C=O) groups is 4. The van der Waals surface area contributed by atoms with Gasteiger partial charge in [0, 0.05) is 21.9 Å². The lowest BCUT2D eigenvalue weighted by molar-refractivity contribution is -0.138. The van der Waals surface area contributed by atoms with Crippen molar-refractivity contribution in [2.75, 3.05) is 23.5 Å². The quantitative estimate of drug-likeness (QED) is 0.333. The van der Waals surface area contributed by atoms with Gasteiger partial charge in [0.15, 0.2) is 0 Å². The number of rotatable bonds is 9. The first-order valence-corrected chi connectivity index (χ1v) is 12.9. The first kappa shape index (κ1) is 25.8. The number of nitrogens with one attached hydrogen (secondary N) is 2. The molecule has 0 bridgehead atoms. The van der Waals surface area contributed by atoms with Gasteiger partial charge in [0.2, 0.25) is 11.8 Å². The zero-order valence-electron chi connectivity index (χ0n) is 19.0. The third-order valence-corrected chi connectivity index (χ3v) is 7.57. The maximum absolute atomic E-state index is 12.7. The van der Waals surface area contributed by atoms with Crippen LogP contribution in [0.1, 0.15) is 59.3 Å². The Labute approximate surface area is 206 Å². The average Bonchev–Trinajstić information content (AvgIpc) is 3.11. The van der Waals surface area contributed by atoms with Crippen LogP contribution in [0.15, 0.2) is 29.2 Å². The predicted molar refractivity (Wildman–Crippen MR) is 133 cm³/mol. The van der Waals surface area contributed by atoms with Crippen molar-refractivity contribution in [1.29, 1.82) is 0 Å². The first-order chi connectivity index (χ1) is 16.4. The summed E-state index contributed by atoms with van der Waals surface area (Å²) in [4.78, 5) is 49.6. The van der Waals surface area contributed by atoms with Crippen molar-refractivity contribution in [3.63, 3.8) is 0 Å². The number of benzene rings is 1. The summed E-state index contributed by atoms with van der Waals surface area (Å²) in [5, 5.41) is 14.8. The summed E-state index contributed by atoms with van der Waals surface area (Å²) < 4.78 is 5.00. The molecule has 1 aliphatic rings. The fourth-order valence-electron chi connectivity index (χ4n) is 3.74. The summed E-state index contributed by atoms with van der Waals surface area (Å²) >= 11 is 2.76. The SMILES string of the molecule is COC(=O)c1c(NC(=O)CSc2cccc(NC(=O)CCC(=O)O)c2)sc2c1CCCCCC2. The van der Waals surface area contributed by atoms with E-state index in [1.807, 2.05) is 6.07 Å². The zero-order valence-corrected chi connectivity index (χ0v) is 20.6. The summed E-state index contributed by atoms with van der Waals surface area (Å²) in [5.41, 5.74) is 2.02. The van der Waals surface area contributed by atoms with Gasteiger partial charge in [-0.05, 0) is 49.4 Å². The number of amides is 2. The van der Waals surface area contributed by atoms with E-state index in [0.29, 0.717) is 16.3 Å². The molecule has 0 saturated heterocycles. The number of aliphatic carboxylic acids is 1. The summed E-state index contributed by atoms with van der Waals surface area (Å²) in [6.07, 6.45) is 5.75. The lowest BCUT2D eigenvalue weighted by Crippen LogP contribution is -2.16. The largest absolute Gasteiger partial charge is 0.481 e. The number of hydrogen-bond acceptors (Lipinski definition) is 7. The second-order valence-electron chi connectivity index (χ2n) is 7.92. The Balaban J connectivity index is 1.63. The molecule has 3 N–H and O–H groups in total. The second-order valence-corrected chi connectivity index (χ2v) is 10.1. The van der Waals surface area contributed by atoms with Crippen LogP contribution < -0.4 is 10.6 Å². The number of carboxylic acid groups (broad SMARTS) is 1. The summed E-state index contributed by atoms with van der Waals surface area (Å²) in [5.74, 6) is -1.95. The van der Waals surface area contributed by atoms with Crippen molar-refractivity contribution in [1.82, 2.24) is 0 Å². The van der Waals surface area contributed by atoms with E-state index in [-0.39, 0.29) is 30.4 Å². The molecular formula is C24H28N2O6S2. The summed E-state index contributed by atoms with van der Waals surface area (Å²) in [6.45, 7) is 0. The van der Waals surface area contributed by atoms with Crippen molar-refractivity contribution in [2.45, 2.75) is 56.3 Å². The number of thiophene rings is 1. The van der Waals surface area contributed by atoms with Crippen molar-refractivity contribution in [3.8, 4) is 0 Å². The van der Waals surface area contributed by atoms with Crippen LogP contribution in [0.2, 0.25) is 0 Å². The number of carbonyl (C=O) groups excluding carboxylic acids is 3. The highest BCUT2D eigenvalue weighted by atomic mass is 32.2. The molecular weight excluding hydrogens is 476 g/mol. The molecule has 2 aromatic rings. The maximum Gasteiger partial charge on any atom is 0.341 e. The van der Waals surface area contributed by atoms with E-state index >= 15 is 0 Å². The Morgan fingerprint density at radius 2 is 1.79 bits per heavy atom. The Hall–Kier alpha value is -2.85. The number of esters is 1. The van der Waals surface area contributed by atoms with Gasteiger partial charge >= 0.3 is 11.9 Å². The molecule has 0 atom stereocenters. The average molecular weight is 505 g/mol. The number of hydrogen-bond donors (Lipinski definition) is 3. The Bertz CT molecular complexity index is 1070. The van der Waals surface area contributed by atoms with Crippen LogP contribution >= 0.6 is 23.1 Å². The molecule has 0 spiro atoms. The highest BCUT2D eigenvalue weighted by Crippen LogP contribution is 2.37. The number of ether oxygens (including phenoxy) is 1. The molecule has 0 fully saturated rings. The van der Waals surface area contributed by atoms with E-state index in [1.165, 1.54) is 36.6 Å². The van der Waals surface area contributed by atoms with Crippen molar-refractivity contribution < 1.29 is 29.0 Å². The molecule has 3 rings (SSSR count). The van der Waals surface area contributed by atoms with Crippen LogP contribution in [0.4, 0.5) is 10.7 Å². The first-order valence-electron chi connectivity index (χ1n) is 11.1. The van der Waals surface area contributed by atoms with E-state index < -0.39 is 11.9 Å². The Morgan fingerprint density at radius 1 is 1.03 bits per heavy atom. The summed E-state index contributed by atoms with van der Waals surface area (Å²) in [7, 11) is 1.35. The number of carboxylic acids is 1. The molecule has 34 heavy (non-hydrogen) atoms. The molecule has 0 unspecified atom stereocenters. The van der Waals surface area contributed by atoms with Crippen LogP contribution in [0.25, 0.3) is 0 Å². The van der Waals surface area contributed by atoms with Gasteiger partial charge in [-0.3, -0.25) is 14.4 Å². The topological polar surface area (TPSA) is 122 Å². The highest BCUT2D eigenvalue weighted by molar-refractivity contribution is 8.00. The van der Waals surface area contributed by atoms with Crippen LogP contribution in [0.5, 0.6) is 0 Å². The molecule has 1 aromatic heterocycles. The van der Waals surface area contributed by atoms with Gasteiger partial charge < -0.3 is 20.5 Å². The van der Waals surface area contributed by atoms with Gasteiger partial charge in [0.25, 0.3) is 0 Å². The highest BCUT2D eigenvalue weighted by Gasteiger charge is 2.25. The molecule has 8 nitrogen and oxygen atoms in total.